The van der Waals surface area contributed by atoms with E-state index in [1.165, 1.54) is 16.7 Å². The summed E-state index contributed by atoms with van der Waals surface area (Å²) in [5.41, 5.74) is 6.37. The fourth-order valence-electron chi connectivity index (χ4n) is 3.76. The molecule has 1 aliphatic heterocycles. The summed E-state index contributed by atoms with van der Waals surface area (Å²) in [6, 6.07) is 12.7. The van der Waals surface area contributed by atoms with Gasteiger partial charge in [0.05, 0.1) is 11.6 Å². The Hall–Kier alpha value is -2.62. The zero-order valence-corrected chi connectivity index (χ0v) is 15.0. The molecule has 1 unspecified atom stereocenters. The summed E-state index contributed by atoms with van der Waals surface area (Å²) in [5, 5.41) is 8.23. The molecule has 2 heterocycles. The quantitative estimate of drug-likeness (QED) is 0.752. The molecule has 3 aromatic rings. The largest absolute Gasteiger partial charge is 0.330 e. The van der Waals surface area contributed by atoms with Crippen molar-refractivity contribution in [2.24, 2.45) is 0 Å². The molecule has 0 aliphatic carbocycles. The molecule has 25 heavy (non-hydrogen) atoms. The number of benzene rings is 2. The lowest BCUT2D eigenvalue weighted by Crippen LogP contribution is -2.31. The molecule has 4 nitrogen and oxygen atoms in total. The number of nitrogens with one attached hydrogen (secondary N) is 1. The van der Waals surface area contributed by atoms with Gasteiger partial charge in [-0.25, -0.2) is 0 Å². The first-order chi connectivity index (χ1) is 12.0. The number of aromatic nitrogens is 2. The number of amides is 1. The zero-order valence-electron chi connectivity index (χ0n) is 15.0. The van der Waals surface area contributed by atoms with Crippen molar-refractivity contribution in [3.63, 3.8) is 0 Å². The number of carbonyl (C=O) groups excluding carboxylic acids is 1. The minimum atomic E-state index is 0.0255. The monoisotopic (exact) mass is 333 g/mol. The highest BCUT2D eigenvalue weighted by Crippen LogP contribution is 2.34. The van der Waals surface area contributed by atoms with Crippen LogP contribution in [0.3, 0.4) is 0 Å². The van der Waals surface area contributed by atoms with E-state index in [4.69, 9.17) is 0 Å². The predicted molar refractivity (Wildman–Crippen MR) is 99.8 cm³/mol. The van der Waals surface area contributed by atoms with Crippen molar-refractivity contribution in [3.8, 4) is 0 Å². The van der Waals surface area contributed by atoms with Crippen LogP contribution in [0.25, 0.3) is 10.9 Å². The van der Waals surface area contributed by atoms with E-state index in [1.54, 1.807) is 0 Å². The number of likely N-dealkylation sites (tertiary alicyclic amines) is 1. The summed E-state index contributed by atoms with van der Waals surface area (Å²) < 4.78 is 0. The van der Waals surface area contributed by atoms with E-state index in [9.17, 15) is 4.79 Å². The van der Waals surface area contributed by atoms with Gasteiger partial charge in [0.2, 0.25) is 0 Å². The molecular formula is C21H23N3O. The van der Waals surface area contributed by atoms with Crippen LogP contribution in [-0.2, 0) is 0 Å². The Labute approximate surface area is 147 Å². The molecule has 1 amide bonds. The lowest BCUT2D eigenvalue weighted by molar-refractivity contribution is 0.0731. The summed E-state index contributed by atoms with van der Waals surface area (Å²) >= 11 is 0. The third kappa shape index (κ3) is 2.72. The summed E-state index contributed by atoms with van der Waals surface area (Å²) in [6.45, 7) is 7.07. The first-order valence-electron chi connectivity index (χ1n) is 8.87. The number of aryl methyl sites for hydroxylation is 3. The molecule has 1 saturated heterocycles. The second-order valence-corrected chi connectivity index (χ2v) is 7.12. The number of aromatic amines is 1. The molecule has 0 spiro atoms. The first kappa shape index (κ1) is 15.9. The summed E-state index contributed by atoms with van der Waals surface area (Å²) in [7, 11) is 0. The van der Waals surface area contributed by atoms with Crippen LogP contribution in [0.1, 0.15) is 51.6 Å². The maximum atomic E-state index is 13.2. The normalized spacial score (nSPS) is 17.4. The van der Waals surface area contributed by atoms with Crippen molar-refractivity contribution in [3.05, 3.63) is 64.3 Å². The van der Waals surface area contributed by atoms with Gasteiger partial charge in [-0.05, 0) is 62.4 Å². The number of carbonyl (C=O) groups is 1. The van der Waals surface area contributed by atoms with E-state index in [0.717, 1.165) is 35.9 Å². The molecule has 128 valence electrons. The minimum Gasteiger partial charge on any atom is -0.330 e. The highest BCUT2D eigenvalue weighted by molar-refractivity contribution is 6.05. The van der Waals surface area contributed by atoms with Crippen molar-refractivity contribution in [1.29, 1.82) is 0 Å². The van der Waals surface area contributed by atoms with Gasteiger partial charge in [-0.2, -0.15) is 5.10 Å². The van der Waals surface area contributed by atoms with Gasteiger partial charge in [0.1, 0.15) is 0 Å². The Morgan fingerprint density at radius 3 is 2.76 bits per heavy atom. The average molecular weight is 333 g/mol. The van der Waals surface area contributed by atoms with E-state index >= 15 is 0 Å². The van der Waals surface area contributed by atoms with Crippen molar-refractivity contribution >= 4 is 16.8 Å². The molecular weight excluding hydrogens is 310 g/mol. The Balaban J connectivity index is 1.70. The van der Waals surface area contributed by atoms with Crippen LogP contribution in [0, 0.1) is 20.8 Å². The molecule has 0 bridgehead atoms. The fourth-order valence-corrected chi connectivity index (χ4v) is 3.76. The summed E-state index contributed by atoms with van der Waals surface area (Å²) in [4.78, 5) is 15.2. The predicted octanol–water partition coefficient (Wildman–Crippen LogP) is 4.47. The first-order valence-corrected chi connectivity index (χ1v) is 8.87. The van der Waals surface area contributed by atoms with Crippen LogP contribution in [-0.4, -0.2) is 27.5 Å². The van der Waals surface area contributed by atoms with Gasteiger partial charge in [0.25, 0.3) is 5.91 Å². The lowest BCUT2D eigenvalue weighted by atomic mass is 9.99. The van der Waals surface area contributed by atoms with Crippen LogP contribution in [0.4, 0.5) is 0 Å². The van der Waals surface area contributed by atoms with Crippen LogP contribution in [0.15, 0.2) is 36.4 Å². The highest BCUT2D eigenvalue weighted by Gasteiger charge is 2.32. The second kappa shape index (κ2) is 6.03. The molecule has 2 aromatic carbocycles. The summed E-state index contributed by atoms with van der Waals surface area (Å²) in [5.74, 6) is 0.0255. The topological polar surface area (TPSA) is 49.0 Å². The number of H-pyrrole nitrogens is 1. The molecule has 0 radical (unpaired) electrons. The standard InChI is InChI=1S/C21H23N3O/c1-13-6-9-18-17(11-13)20(23-22-18)21(25)24-10-4-5-19(24)16-8-7-14(2)15(3)12-16/h6-9,11-12,19H,4-5,10H2,1-3H3,(H,22,23). The lowest BCUT2D eigenvalue weighted by Gasteiger charge is -2.25. The number of fused-ring (bicyclic) bond motifs is 1. The van der Waals surface area contributed by atoms with Crippen LogP contribution < -0.4 is 0 Å². The summed E-state index contributed by atoms with van der Waals surface area (Å²) in [6.07, 6.45) is 2.04. The van der Waals surface area contributed by atoms with Gasteiger partial charge in [0.15, 0.2) is 5.69 Å². The Kier molecular flexibility index (Phi) is 3.83. The second-order valence-electron chi connectivity index (χ2n) is 7.12. The molecule has 1 aliphatic rings. The van der Waals surface area contributed by atoms with Crippen molar-refractivity contribution in [1.82, 2.24) is 15.1 Å². The highest BCUT2D eigenvalue weighted by atomic mass is 16.2. The maximum Gasteiger partial charge on any atom is 0.275 e. The van der Waals surface area contributed by atoms with Gasteiger partial charge in [-0.1, -0.05) is 29.8 Å². The van der Waals surface area contributed by atoms with Gasteiger partial charge in [-0.3, -0.25) is 9.89 Å². The zero-order chi connectivity index (χ0) is 17.6. The third-order valence-electron chi connectivity index (χ3n) is 5.35. The van der Waals surface area contributed by atoms with E-state index in [0.29, 0.717) is 5.69 Å². The molecule has 1 N–H and O–H groups in total. The average Bonchev–Trinajstić information content (AvgIpc) is 3.23. The van der Waals surface area contributed by atoms with Gasteiger partial charge in [-0.15, -0.1) is 0 Å². The Morgan fingerprint density at radius 2 is 1.96 bits per heavy atom. The van der Waals surface area contributed by atoms with Gasteiger partial charge >= 0.3 is 0 Å². The number of nitrogens with zero attached hydrogens (tertiary/aromatic N) is 2. The Morgan fingerprint density at radius 1 is 1.12 bits per heavy atom. The van der Waals surface area contributed by atoms with E-state index in [-0.39, 0.29) is 11.9 Å². The van der Waals surface area contributed by atoms with Gasteiger partial charge < -0.3 is 4.90 Å². The van der Waals surface area contributed by atoms with E-state index in [2.05, 4.69) is 42.2 Å². The molecule has 4 heteroatoms. The third-order valence-corrected chi connectivity index (χ3v) is 5.35. The van der Waals surface area contributed by atoms with Crippen LogP contribution in [0.5, 0.6) is 0 Å². The number of hydrogen-bond acceptors (Lipinski definition) is 2. The van der Waals surface area contributed by atoms with Gasteiger partial charge in [0, 0.05) is 11.9 Å². The SMILES string of the molecule is Cc1ccc2[nH]nc(C(=O)N3CCCC3c3ccc(C)c(C)c3)c2c1. The van der Waals surface area contributed by atoms with E-state index < -0.39 is 0 Å². The fraction of sp³-hybridized carbons (Fsp3) is 0.333. The number of hydrogen-bond donors (Lipinski definition) is 1. The van der Waals surface area contributed by atoms with Crippen LogP contribution in [0.2, 0.25) is 0 Å². The molecule has 0 saturated carbocycles. The van der Waals surface area contributed by atoms with E-state index in [1.807, 2.05) is 30.0 Å². The molecule has 1 aromatic heterocycles. The molecule has 4 rings (SSSR count). The van der Waals surface area contributed by atoms with Crippen LogP contribution >= 0.6 is 0 Å². The maximum absolute atomic E-state index is 13.2. The smallest absolute Gasteiger partial charge is 0.275 e. The molecule has 1 fully saturated rings. The minimum absolute atomic E-state index is 0.0255. The van der Waals surface area contributed by atoms with Crippen molar-refractivity contribution in [2.45, 2.75) is 39.7 Å². The van der Waals surface area contributed by atoms with Crippen molar-refractivity contribution < 1.29 is 4.79 Å². The van der Waals surface area contributed by atoms with Crippen molar-refractivity contribution in [2.75, 3.05) is 6.54 Å². The molecule has 1 atom stereocenters. The Bertz CT molecular complexity index is 957. The number of rotatable bonds is 2.